The molecular formula is C12H19B2N7Si. The van der Waals surface area contributed by atoms with Gasteiger partial charge in [0.1, 0.15) is 0 Å². The van der Waals surface area contributed by atoms with Gasteiger partial charge >= 0.3 is 23.8 Å². The zero-order chi connectivity index (χ0) is 15.7. The van der Waals surface area contributed by atoms with Gasteiger partial charge in [-0.1, -0.05) is 50.8 Å². The highest BCUT2D eigenvalue weighted by molar-refractivity contribution is 6.92. The van der Waals surface area contributed by atoms with Crippen molar-refractivity contribution in [3.63, 3.8) is 0 Å². The van der Waals surface area contributed by atoms with E-state index in [9.17, 15) is 0 Å². The number of H-pyrrole nitrogens is 1. The first-order valence-corrected chi connectivity index (χ1v) is 8.39. The maximum absolute atomic E-state index is 4.17. The third kappa shape index (κ3) is 2.63. The van der Waals surface area contributed by atoms with Crippen LogP contribution in [-0.2, 0) is 0 Å². The summed E-state index contributed by atoms with van der Waals surface area (Å²) in [6.07, 6.45) is 0. The molecule has 1 aliphatic heterocycles. The van der Waals surface area contributed by atoms with E-state index in [4.69, 9.17) is 0 Å². The number of benzene rings is 1. The van der Waals surface area contributed by atoms with Crippen molar-refractivity contribution >= 4 is 35.4 Å². The first-order valence-electron chi connectivity index (χ1n) is 7.50. The summed E-state index contributed by atoms with van der Waals surface area (Å²) in [6.45, 7) is 9.41. The minimum absolute atomic E-state index is 0.214. The largest absolute Gasteiger partial charge is 0.413 e. The van der Waals surface area contributed by atoms with Gasteiger partial charge in [-0.15, -0.1) is 5.10 Å². The number of hydrogen-bond acceptors (Lipinski definition) is 6. The average molecular weight is 311 g/mol. The van der Waals surface area contributed by atoms with Crippen LogP contribution in [0.4, 0.5) is 11.6 Å². The van der Waals surface area contributed by atoms with Crippen molar-refractivity contribution in [2.24, 2.45) is 0 Å². The Labute approximate surface area is 134 Å². The number of anilines is 2. The zero-order valence-corrected chi connectivity index (χ0v) is 14.3. The fourth-order valence-electron chi connectivity index (χ4n) is 3.06. The summed E-state index contributed by atoms with van der Waals surface area (Å²) < 4.78 is 7.03. The predicted molar refractivity (Wildman–Crippen MR) is 91.5 cm³/mol. The molecule has 0 atom stereocenters. The number of tetrazole rings is 1. The van der Waals surface area contributed by atoms with Crippen molar-refractivity contribution < 1.29 is 0 Å². The second-order valence-corrected chi connectivity index (χ2v) is 6.86. The molecular weight excluding hydrogens is 292 g/mol. The van der Waals surface area contributed by atoms with Crippen molar-refractivity contribution in [2.75, 3.05) is 8.95 Å². The van der Waals surface area contributed by atoms with Gasteiger partial charge in [0.2, 0.25) is 5.95 Å². The Morgan fingerprint density at radius 2 is 1.77 bits per heavy atom. The fraction of sp³-hybridized carbons (Fsp3) is 0.417. The molecule has 1 aliphatic rings. The topological polar surface area (TPSA) is 64.2 Å². The zero-order valence-electron chi connectivity index (χ0n) is 13.3. The molecule has 1 N–H and O–H groups in total. The van der Waals surface area contributed by atoms with Crippen LogP contribution in [0.25, 0.3) is 0 Å². The summed E-state index contributed by atoms with van der Waals surface area (Å²) in [4.78, 5) is 0. The standard InChI is InChI=1S/C12H19B2N7Si/c1-10(2)19-13(3)20(11-8-6-5-7-9-11)22-21(14(19)4)12-15-17-18-16-12/h5-10H,1-4H3,(H,15,16,17,18). The lowest BCUT2D eigenvalue weighted by atomic mass is 9.60. The molecule has 112 valence electrons. The van der Waals surface area contributed by atoms with E-state index in [1.807, 2.05) is 6.07 Å². The molecule has 0 saturated carbocycles. The lowest BCUT2D eigenvalue weighted by molar-refractivity contribution is 0.523. The molecule has 2 radical (unpaired) electrons. The number of para-hydroxylation sites is 1. The summed E-state index contributed by atoms with van der Waals surface area (Å²) in [5.41, 5.74) is 1.21. The summed E-state index contributed by atoms with van der Waals surface area (Å²) >= 11 is 0. The number of aromatic amines is 1. The maximum atomic E-state index is 4.17. The molecule has 3 rings (SSSR count). The molecule has 1 fully saturated rings. The number of nitrogens with one attached hydrogen (secondary N) is 1. The van der Waals surface area contributed by atoms with E-state index in [-0.39, 0.29) is 6.98 Å². The Kier molecular flexibility index (Phi) is 4.21. The van der Waals surface area contributed by atoms with Crippen LogP contribution in [0, 0.1) is 0 Å². The first-order chi connectivity index (χ1) is 10.6. The van der Waals surface area contributed by atoms with E-state index in [1.54, 1.807) is 0 Å². The predicted octanol–water partition coefficient (Wildman–Crippen LogP) is 1.01. The highest BCUT2D eigenvalue weighted by Crippen LogP contribution is 2.25. The van der Waals surface area contributed by atoms with Crippen LogP contribution in [0.5, 0.6) is 0 Å². The highest BCUT2D eigenvalue weighted by atomic mass is 28.2. The number of rotatable bonds is 3. The molecule has 22 heavy (non-hydrogen) atoms. The second kappa shape index (κ2) is 6.13. The van der Waals surface area contributed by atoms with Crippen molar-refractivity contribution in [3.05, 3.63) is 30.3 Å². The maximum Gasteiger partial charge on any atom is 0.325 e. The van der Waals surface area contributed by atoms with Gasteiger partial charge in [-0.25, -0.2) is 0 Å². The molecule has 2 aromatic rings. The molecule has 1 aromatic heterocycles. The monoisotopic (exact) mass is 311 g/mol. The number of hydrogen-bond donors (Lipinski definition) is 1. The van der Waals surface area contributed by atoms with Gasteiger partial charge < -0.3 is 13.7 Å². The van der Waals surface area contributed by atoms with E-state index in [0.29, 0.717) is 28.8 Å². The van der Waals surface area contributed by atoms with Crippen LogP contribution < -0.4 is 8.95 Å². The van der Waals surface area contributed by atoms with E-state index in [0.717, 1.165) is 0 Å². The molecule has 7 nitrogen and oxygen atoms in total. The molecule has 0 unspecified atom stereocenters. The molecule has 0 aliphatic carbocycles. The van der Waals surface area contributed by atoms with E-state index < -0.39 is 0 Å². The summed E-state index contributed by atoms with van der Waals surface area (Å²) in [6, 6.07) is 10.9. The van der Waals surface area contributed by atoms with Gasteiger partial charge in [-0.2, -0.15) is 5.21 Å². The molecule has 1 saturated heterocycles. The first kappa shape index (κ1) is 15.1. The number of aromatic nitrogens is 4. The van der Waals surface area contributed by atoms with E-state index in [2.05, 4.69) is 86.1 Å². The van der Waals surface area contributed by atoms with Crippen molar-refractivity contribution in [3.8, 4) is 0 Å². The fourth-order valence-corrected chi connectivity index (χ4v) is 4.34. The SMILES string of the molecule is CB1N(c2ccccc2)[Si]N(c2nn[nH]n2)B(C)N1C(C)C. The Morgan fingerprint density at radius 1 is 1.09 bits per heavy atom. The third-order valence-electron chi connectivity index (χ3n) is 4.01. The normalized spacial score (nSPS) is 16.8. The van der Waals surface area contributed by atoms with Crippen molar-refractivity contribution in [1.82, 2.24) is 25.3 Å². The van der Waals surface area contributed by atoms with Crippen molar-refractivity contribution in [1.29, 1.82) is 0 Å². The minimum atomic E-state index is 0.214. The second-order valence-electron chi connectivity index (χ2n) is 5.69. The van der Waals surface area contributed by atoms with Crippen molar-refractivity contribution in [2.45, 2.75) is 33.5 Å². The van der Waals surface area contributed by atoms with Crippen LogP contribution in [0.3, 0.4) is 0 Å². The van der Waals surface area contributed by atoms with E-state index >= 15 is 0 Å². The van der Waals surface area contributed by atoms with Crippen LogP contribution in [0.2, 0.25) is 13.6 Å². The Balaban J connectivity index is 1.97. The average Bonchev–Trinajstić information content (AvgIpc) is 3.02. The molecule has 0 amide bonds. The summed E-state index contributed by atoms with van der Waals surface area (Å²) in [5, 5.41) is 14.6. The highest BCUT2D eigenvalue weighted by Gasteiger charge is 2.44. The smallest absolute Gasteiger partial charge is 0.325 e. The summed E-state index contributed by atoms with van der Waals surface area (Å²) in [5.74, 6) is 0.643. The van der Waals surface area contributed by atoms with Crippen LogP contribution in [-0.4, -0.2) is 55.2 Å². The Morgan fingerprint density at radius 3 is 2.36 bits per heavy atom. The lowest BCUT2D eigenvalue weighted by Crippen LogP contribution is -2.73. The molecule has 2 heterocycles. The molecule has 0 spiro atoms. The van der Waals surface area contributed by atoms with Gasteiger partial charge in [0.05, 0.1) is 0 Å². The summed E-state index contributed by atoms with van der Waals surface area (Å²) in [7, 11) is 0.435. The Bertz CT molecular complexity index is 597. The molecule has 0 bridgehead atoms. The van der Waals surface area contributed by atoms with Gasteiger partial charge in [-0.3, -0.25) is 0 Å². The van der Waals surface area contributed by atoms with Crippen LogP contribution in [0.1, 0.15) is 13.8 Å². The lowest BCUT2D eigenvalue weighted by Gasteiger charge is -2.50. The van der Waals surface area contributed by atoms with Crippen LogP contribution >= 0.6 is 0 Å². The molecule has 10 heteroatoms. The van der Waals surface area contributed by atoms with Gasteiger partial charge in [0, 0.05) is 5.69 Å². The van der Waals surface area contributed by atoms with Gasteiger partial charge in [0.25, 0.3) is 0 Å². The third-order valence-corrected chi connectivity index (χ3v) is 5.64. The molecule has 1 aromatic carbocycles. The number of nitrogens with zero attached hydrogens (tertiary/aromatic N) is 6. The van der Waals surface area contributed by atoms with Gasteiger partial charge in [0.15, 0.2) is 0 Å². The van der Waals surface area contributed by atoms with E-state index in [1.165, 1.54) is 5.69 Å². The van der Waals surface area contributed by atoms with Crippen LogP contribution in [0.15, 0.2) is 30.3 Å². The van der Waals surface area contributed by atoms with Gasteiger partial charge in [-0.05, 0) is 23.4 Å². The quantitative estimate of drug-likeness (QED) is 0.854. The minimum Gasteiger partial charge on any atom is -0.413 e. The Hall–Kier alpha value is -1.80.